The van der Waals surface area contributed by atoms with E-state index >= 15 is 0 Å². The number of sulfonamides is 1. The fraction of sp³-hybridized carbons (Fsp3) is 0.389. The number of aromatic nitrogens is 2. The number of piperazine rings is 1. The van der Waals surface area contributed by atoms with Crippen LogP contribution in [0.3, 0.4) is 0 Å². The second kappa shape index (κ2) is 7.50. The molecule has 27 heavy (non-hydrogen) atoms. The van der Waals surface area contributed by atoms with Crippen molar-refractivity contribution in [2.75, 3.05) is 38.2 Å². The first-order valence-corrected chi connectivity index (χ1v) is 9.95. The fourth-order valence-electron chi connectivity index (χ4n) is 2.99. The zero-order valence-corrected chi connectivity index (χ0v) is 16.3. The quantitative estimate of drug-likeness (QED) is 0.783. The van der Waals surface area contributed by atoms with Crippen LogP contribution < -0.4 is 9.64 Å². The summed E-state index contributed by atoms with van der Waals surface area (Å²) >= 11 is 0. The first-order chi connectivity index (χ1) is 12.9. The number of anilines is 1. The molecule has 0 unspecified atom stereocenters. The third-order valence-corrected chi connectivity index (χ3v) is 6.70. The molecule has 1 aliphatic heterocycles. The molecule has 8 nitrogen and oxygen atoms in total. The lowest BCUT2D eigenvalue weighted by atomic mass is 10.1. The van der Waals surface area contributed by atoms with E-state index < -0.39 is 10.0 Å². The van der Waals surface area contributed by atoms with Crippen molar-refractivity contribution in [3.63, 3.8) is 0 Å². The molecule has 3 rings (SSSR count). The highest BCUT2D eigenvalue weighted by molar-refractivity contribution is 7.89. The predicted octanol–water partition coefficient (Wildman–Crippen LogP) is 1.48. The van der Waals surface area contributed by atoms with Crippen LogP contribution >= 0.6 is 0 Å². The molecule has 0 radical (unpaired) electrons. The maximum absolute atomic E-state index is 12.8. The van der Waals surface area contributed by atoms with E-state index in [1.807, 2.05) is 18.7 Å². The average Bonchev–Trinajstić information content (AvgIpc) is 2.70. The summed E-state index contributed by atoms with van der Waals surface area (Å²) in [5.74, 6) is 1.12. The summed E-state index contributed by atoms with van der Waals surface area (Å²) in [4.78, 5) is 2.15. The smallest absolute Gasteiger partial charge is 0.243 e. The Labute approximate surface area is 159 Å². The van der Waals surface area contributed by atoms with Gasteiger partial charge in [0, 0.05) is 26.2 Å². The number of rotatable bonds is 4. The van der Waals surface area contributed by atoms with Gasteiger partial charge in [-0.15, -0.1) is 5.10 Å². The lowest BCUT2D eigenvalue weighted by Gasteiger charge is -2.35. The van der Waals surface area contributed by atoms with Crippen LogP contribution in [0.2, 0.25) is 0 Å². The van der Waals surface area contributed by atoms with Crippen LogP contribution in [-0.4, -0.2) is 56.2 Å². The van der Waals surface area contributed by atoms with Gasteiger partial charge < -0.3 is 9.64 Å². The van der Waals surface area contributed by atoms with Gasteiger partial charge in [0.15, 0.2) is 5.82 Å². The van der Waals surface area contributed by atoms with Gasteiger partial charge in [0.1, 0.15) is 17.4 Å². The zero-order chi connectivity index (χ0) is 19.6. The number of nitrogens with zero attached hydrogens (tertiary/aromatic N) is 5. The molecule has 0 bridgehead atoms. The summed E-state index contributed by atoms with van der Waals surface area (Å²) in [5.41, 5.74) is 2.01. The van der Waals surface area contributed by atoms with Crippen molar-refractivity contribution in [3.05, 3.63) is 41.1 Å². The molecule has 1 fully saturated rings. The van der Waals surface area contributed by atoms with E-state index in [0.29, 0.717) is 43.3 Å². The lowest BCUT2D eigenvalue weighted by molar-refractivity contribution is 0.383. The minimum absolute atomic E-state index is 0.237. The number of methoxy groups -OCH3 is 1. The molecule has 0 atom stereocenters. The van der Waals surface area contributed by atoms with Gasteiger partial charge in [-0.3, -0.25) is 0 Å². The van der Waals surface area contributed by atoms with Crippen LogP contribution in [0.1, 0.15) is 16.8 Å². The molecule has 9 heteroatoms. The second-order valence-corrected chi connectivity index (χ2v) is 8.23. The number of hydrogen-bond donors (Lipinski definition) is 0. The number of aryl methyl sites for hydroxylation is 1. The summed E-state index contributed by atoms with van der Waals surface area (Å²) in [6.07, 6.45) is 0. The summed E-state index contributed by atoms with van der Waals surface area (Å²) in [6, 6.07) is 8.55. The SMILES string of the molecule is COc1ccc(S(=O)(=O)N2CCN(c3nnc(C)c(C)c3C#N)CC2)cc1. The van der Waals surface area contributed by atoms with Gasteiger partial charge >= 0.3 is 0 Å². The molecule has 0 aliphatic carbocycles. The molecule has 0 N–H and O–H groups in total. The fourth-order valence-corrected chi connectivity index (χ4v) is 4.41. The van der Waals surface area contributed by atoms with E-state index in [4.69, 9.17) is 4.74 Å². The van der Waals surface area contributed by atoms with Crippen LogP contribution in [0.4, 0.5) is 5.82 Å². The van der Waals surface area contributed by atoms with Crippen LogP contribution in [0, 0.1) is 25.2 Å². The highest BCUT2D eigenvalue weighted by Crippen LogP contribution is 2.25. The van der Waals surface area contributed by atoms with Crippen molar-refractivity contribution < 1.29 is 13.2 Å². The van der Waals surface area contributed by atoms with Crippen LogP contribution in [-0.2, 0) is 10.0 Å². The van der Waals surface area contributed by atoms with Gasteiger partial charge in [-0.25, -0.2) is 8.42 Å². The van der Waals surface area contributed by atoms with Crippen LogP contribution in [0.15, 0.2) is 29.2 Å². The van der Waals surface area contributed by atoms with Gasteiger partial charge in [-0.05, 0) is 43.7 Å². The molecule has 1 aromatic heterocycles. The predicted molar refractivity (Wildman–Crippen MR) is 100 cm³/mol. The van der Waals surface area contributed by atoms with Crippen molar-refractivity contribution >= 4 is 15.8 Å². The Bertz CT molecular complexity index is 975. The Morgan fingerprint density at radius 2 is 1.70 bits per heavy atom. The zero-order valence-electron chi connectivity index (χ0n) is 15.5. The molecule has 0 spiro atoms. The number of benzene rings is 1. The Morgan fingerprint density at radius 3 is 2.26 bits per heavy atom. The summed E-state index contributed by atoms with van der Waals surface area (Å²) in [6.45, 7) is 5.17. The molecule has 0 saturated carbocycles. The average molecular weight is 387 g/mol. The normalized spacial score (nSPS) is 15.4. The Kier molecular flexibility index (Phi) is 5.30. The Hall–Kier alpha value is -2.70. The first-order valence-electron chi connectivity index (χ1n) is 8.51. The van der Waals surface area contributed by atoms with Gasteiger partial charge in [-0.2, -0.15) is 14.7 Å². The first kappa shape index (κ1) is 19.1. The minimum Gasteiger partial charge on any atom is -0.497 e. The van der Waals surface area contributed by atoms with Crippen molar-refractivity contribution in [1.82, 2.24) is 14.5 Å². The van der Waals surface area contributed by atoms with Crippen molar-refractivity contribution in [2.45, 2.75) is 18.7 Å². The molecule has 0 amide bonds. The molecule has 1 aliphatic rings. The van der Waals surface area contributed by atoms with Crippen molar-refractivity contribution in [3.8, 4) is 11.8 Å². The minimum atomic E-state index is -3.57. The molecular weight excluding hydrogens is 366 g/mol. The Balaban J connectivity index is 1.77. The van der Waals surface area contributed by atoms with Crippen molar-refractivity contribution in [1.29, 1.82) is 5.26 Å². The monoisotopic (exact) mass is 387 g/mol. The van der Waals surface area contributed by atoms with Gasteiger partial charge in [0.2, 0.25) is 10.0 Å². The van der Waals surface area contributed by atoms with E-state index in [1.165, 1.54) is 11.4 Å². The van der Waals surface area contributed by atoms with E-state index in [-0.39, 0.29) is 4.90 Å². The van der Waals surface area contributed by atoms with Crippen LogP contribution in [0.5, 0.6) is 5.75 Å². The Morgan fingerprint density at radius 1 is 1.07 bits per heavy atom. The number of nitriles is 1. The summed E-state index contributed by atoms with van der Waals surface area (Å²) < 4.78 is 32.2. The summed E-state index contributed by atoms with van der Waals surface area (Å²) in [7, 11) is -2.04. The topological polar surface area (TPSA) is 99.4 Å². The molecule has 142 valence electrons. The second-order valence-electron chi connectivity index (χ2n) is 6.29. The van der Waals surface area contributed by atoms with Crippen LogP contribution in [0.25, 0.3) is 0 Å². The van der Waals surface area contributed by atoms with Gasteiger partial charge in [0.25, 0.3) is 0 Å². The molecule has 2 heterocycles. The van der Waals surface area contributed by atoms with Crippen molar-refractivity contribution in [2.24, 2.45) is 0 Å². The van der Waals surface area contributed by atoms with Gasteiger partial charge in [0.05, 0.1) is 17.7 Å². The molecule has 1 aromatic carbocycles. The lowest BCUT2D eigenvalue weighted by Crippen LogP contribution is -2.49. The number of ether oxygens (including phenoxy) is 1. The van der Waals surface area contributed by atoms with E-state index in [9.17, 15) is 13.7 Å². The largest absolute Gasteiger partial charge is 0.497 e. The maximum Gasteiger partial charge on any atom is 0.243 e. The summed E-state index contributed by atoms with van der Waals surface area (Å²) in [5, 5.41) is 17.7. The highest BCUT2D eigenvalue weighted by atomic mass is 32.2. The third-order valence-electron chi connectivity index (χ3n) is 4.78. The number of hydrogen-bond acceptors (Lipinski definition) is 7. The molecule has 2 aromatic rings. The molecular formula is C18H21N5O3S. The van der Waals surface area contributed by atoms with Gasteiger partial charge in [-0.1, -0.05) is 0 Å². The van der Waals surface area contributed by atoms with E-state index in [0.717, 1.165) is 11.3 Å². The standard InChI is InChI=1S/C18H21N5O3S/c1-13-14(2)20-21-18(17(13)12-19)22-8-10-23(11-9-22)27(24,25)16-6-4-15(26-3)5-7-16/h4-7H,8-11H2,1-3H3. The maximum atomic E-state index is 12.8. The highest BCUT2D eigenvalue weighted by Gasteiger charge is 2.30. The van der Waals surface area contributed by atoms with E-state index in [2.05, 4.69) is 16.3 Å². The van der Waals surface area contributed by atoms with E-state index in [1.54, 1.807) is 24.3 Å². The third kappa shape index (κ3) is 3.59. The molecule has 1 saturated heterocycles.